The lowest BCUT2D eigenvalue weighted by Crippen LogP contribution is -2.38. The fourth-order valence-corrected chi connectivity index (χ4v) is 1.72. The first-order chi connectivity index (χ1) is 6.70. The van der Waals surface area contributed by atoms with Crippen LogP contribution in [0.3, 0.4) is 0 Å². The van der Waals surface area contributed by atoms with Gasteiger partial charge in [-0.1, -0.05) is 11.6 Å². The highest BCUT2D eigenvalue weighted by molar-refractivity contribution is 6.32. The van der Waals surface area contributed by atoms with Crippen molar-refractivity contribution in [3.05, 3.63) is 11.5 Å². The first kappa shape index (κ1) is 9.52. The van der Waals surface area contributed by atoms with Crippen LogP contribution in [0.25, 0.3) is 0 Å². The molecule has 1 fully saturated rings. The Morgan fingerprint density at radius 3 is 2.79 bits per heavy atom. The van der Waals surface area contributed by atoms with Crippen molar-refractivity contribution in [1.82, 2.24) is 9.97 Å². The van der Waals surface area contributed by atoms with Crippen LogP contribution in [0.2, 0.25) is 5.15 Å². The topological polar surface area (TPSA) is 55.0 Å². The van der Waals surface area contributed by atoms with Gasteiger partial charge in [0.05, 0.1) is 0 Å². The van der Waals surface area contributed by atoms with Crippen LogP contribution in [0.1, 0.15) is 19.3 Å². The molecule has 1 heterocycles. The van der Waals surface area contributed by atoms with Crippen molar-refractivity contribution < 1.29 is 0 Å². The molecule has 1 aromatic rings. The van der Waals surface area contributed by atoms with E-state index in [0.717, 1.165) is 5.82 Å². The van der Waals surface area contributed by atoms with E-state index in [2.05, 4.69) is 14.9 Å². The predicted molar refractivity (Wildman–Crippen MR) is 57.5 cm³/mol. The maximum Gasteiger partial charge on any atom is 0.157 e. The van der Waals surface area contributed by atoms with Gasteiger partial charge >= 0.3 is 0 Å². The Morgan fingerprint density at radius 2 is 2.21 bits per heavy atom. The maximum atomic E-state index is 5.82. The van der Waals surface area contributed by atoms with Gasteiger partial charge < -0.3 is 10.6 Å². The molecule has 1 aromatic heterocycles. The zero-order chi connectivity index (χ0) is 10.1. The lowest BCUT2D eigenvalue weighted by molar-refractivity contribution is 0.399. The van der Waals surface area contributed by atoms with Gasteiger partial charge in [0.1, 0.15) is 12.0 Å². The summed E-state index contributed by atoms with van der Waals surface area (Å²) in [5.74, 6) is 0.745. The Hall–Kier alpha value is -1.03. The minimum atomic E-state index is 0.334. The summed E-state index contributed by atoms with van der Waals surface area (Å²) in [5.41, 5.74) is 6.28. The summed E-state index contributed by atoms with van der Waals surface area (Å²) in [5, 5.41) is 0.334. The molecular formula is C9H13ClN4. The fraction of sp³-hybridized carbons (Fsp3) is 0.556. The van der Waals surface area contributed by atoms with Gasteiger partial charge in [-0.05, 0) is 19.3 Å². The number of anilines is 2. The van der Waals surface area contributed by atoms with Crippen LogP contribution in [0, 0.1) is 0 Å². The van der Waals surface area contributed by atoms with Gasteiger partial charge in [0.2, 0.25) is 0 Å². The van der Waals surface area contributed by atoms with Crippen LogP contribution in [-0.4, -0.2) is 23.1 Å². The number of nitrogens with two attached hydrogens (primary N) is 1. The molecule has 0 atom stereocenters. The predicted octanol–water partition coefficient (Wildman–Crippen LogP) is 1.70. The number of aromatic nitrogens is 2. The highest BCUT2D eigenvalue weighted by Crippen LogP contribution is 2.31. The summed E-state index contributed by atoms with van der Waals surface area (Å²) in [6, 6.07) is 0.559. The molecule has 2 N–H and O–H groups in total. The summed E-state index contributed by atoms with van der Waals surface area (Å²) in [6.45, 7) is 0. The molecule has 1 aliphatic rings. The van der Waals surface area contributed by atoms with Gasteiger partial charge in [0.15, 0.2) is 11.0 Å². The van der Waals surface area contributed by atoms with Crippen molar-refractivity contribution in [2.24, 2.45) is 0 Å². The third kappa shape index (κ3) is 1.50. The Bertz CT molecular complexity index is 338. The summed E-state index contributed by atoms with van der Waals surface area (Å²) < 4.78 is 0. The number of nitrogens with zero attached hydrogens (tertiary/aromatic N) is 3. The summed E-state index contributed by atoms with van der Waals surface area (Å²) >= 11 is 5.82. The Balaban J connectivity index is 2.26. The minimum absolute atomic E-state index is 0.334. The standard InChI is InChI=1S/C9H13ClN4/c1-14(6-3-2-4-6)9-7(11)8(10)12-5-13-9/h5-6H,2-4,11H2,1H3. The zero-order valence-corrected chi connectivity index (χ0v) is 8.83. The molecule has 0 bridgehead atoms. The highest BCUT2D eigenvalue weighted by atomic mass is 35.5. The van der Waals surface area contributed by atoms with Gasteiger partial charge in [0, 0.05) is 13.1 Å². The largest absolute Gasteiger partial charge is 0.393 e. The number of halogens is 1. The van der Waals surface area contributed by atoms with E-state index >= 15 is 0 Å². The monoisotopic (exact) mass is 212 g/mol. The lowest BCUT2D eigenvalue weighted by atomic mass is 9.92. The minimum Gasteiger partial charge on any atom is -0.393 e. The third-order valence-corrected chi connectivity index (χ3v) is 3.07. The number of hydrogen-bond acceptors (Lipinski definition) is 4. The molecule has 0 amide bonds. The van der Waals surface area contributed by atoms with Gasteiger partial charge in [-0.25, -0.2) is 9.97 Å². The Labute approximate surface area is 88.1 Å². The first-order valence-electron chi connectivity index (χ1n) is 4.69. The second kappa shape index (κ2) is 3.61. The zero-order valence-electron chi connectivity index (χ0n) is 8.07. The molecule has 5 heteroatoms. The third-order valence-electron chi connectivity index (χ3n) is 2.77. The second-order valence-corrected chi connectivity index (χ2v) is 3.96. The van der Waals surface area contributed by atoms with Crippen LogP contribution in [0.15, 0.2) is 6.33 Å². The quantitative estimate of drug-likeness (QED) is 0.759. The van der Waals surface area contributed by atoms with Gasteiger partial charge in [-0.3, -0.25) is 0 Å². The smallest absolute Gasteiger partial charge is 0.157 e. The van der Waals surface area contributed by atoms with E-state index in [9.17, 15) is 0 Å². The molecule has 0 aromatic carbocycles. The molecule has 14 heavy (non-hydrogen) atoms. The Kier molecular flexibility index (Phi) is 2.46. The van der Waals surface area contributed by atoms with Crippen molar-refractivity contribution >= 4 is 23.1 Å². The molecule has 1 saturated carbocycles. The van der Waals surface area contributed by atoms with Gasteiger partial charge in [0.25, 0.3) is 0 Å². The average Bonchev–Trinajstić information content (AvgIpc) is 2.06. The van der Waals surface area contributed by atoms with Crippen molar-refractivity contribution in [2.75, 3.05) is 17.7 Å². The molecule has 0 spiro atoms. The van der Waals surface area contributed by atoms with E-state index in [1.54, 1.807) is 0 Å². The van der Waals surface area contributed by atoms with Crippen LogP contribution >= 0.6 is 11.6 Å². The number of rotatable bonds is 2. The molecule has 1 aliphatic carbocycles. The maximum absolute atomic E-state index is 5.82. The highest BCUT2D eigenvalue weighted by Gasteiger charge is 2.24. The Morgan fingerprint density at radius 1 is 1.50 bits per heavy atom. The number of nitrogen functional groups attached to an aromatic ring is 1. The van der Waals surface area contributed by atoms with E-state index in [-0.39, 0.29) is 0 Å². The van der Waals surface area contributed by atoms with Gasteiger partial charge in [-0.2, -0.15) is 0 Å². The van der Waals surface area contributed by atoms with E-state index in [4.69, 9.17) is 17.3 Å². The SMILES string of the molecule is CN(c1ncnc(Cl)c1N)C1CCC1. The molecule has 0 radical (unpaired) electrons. The van der Waals surface area contributed by atoms with Crippen molar-refractivity contribution in [2.45, 2.75) is 25.3 Å². The molecule has 0 saturated heterocycles. The molecule has 0 unspecified atom stereocenters. The summed E-state index contributed by atoms with van der Waals surface area (Å²) in [7, 11) is 2.00. The first-order valence-corrected chi connectivity index (χ1v) is 5.06. The fourth-order valence-electron chi connectivity index (χ4n) is 1.59. The summed E-state index contributed by atoms with van der Waals surface area (Å²) in [6.07, 6.45) is 5.14. The molecule has 4 nitrogen and oxygen atoms in total. The van der Waals surface area contributed by atoms with Crippen LogP contribution < -0.4 is 10.6 Å². The van der Waals surface area contributed by atoms with Gasteiger partial charge in [-0.15, -0.1) is 0 Å². The van der Waals surface area contributed by atoms with Crippen molar-refractivity contribution in [3.63, 3.8) is 0 Å². The van der Waals surface area contributed by atoms with Crippen LogP contribution in [0.5, 0.6) is 0 Å². The average molecular weight is 213 g/mol. The second-order valence-electron chi connectivity index (χ2n) is 3.60. The van der Waals surface area contributed by atoms with Crippen LogP contribution in [-0.2, 0) is 0 Å². The van der Waals surface area contributed by atoms with E-state index in [1.165, 1.54) is 25.6 Å². The molecule has 76 valence electrons. The van der Waals surface area contributed by atoms with Crippen molar-refractivity contribution in [3.8, 4) is 0 Å². The number of hydrogen-bond donors (Lipinski definition) is 1. The van der Waals surface area contributed by atoms with E-state index < -0.39 is 0 Å². The van der Waals surface area contributed by atoms with Crippen LogP contribution in [0.4, 0.5) is 11.5 Å². The van der Waals surface area contributed by atoms with E-state index in [0.29, 0.717) is 16.9 Å². The molecule has 0 aliphatic heterocycles. The molecule has 2 rings (SSSR count). The summed E-state index contributed by atoms with van der Waals surface area (Å²) in [4.78, 5) is 10.1. The molecular weight excluding hydrogens is 200 g/mol. The lowest BCUT2D eigenvalue weighted by Gasteiger charge is -2.35. The normalized spacial score (nSPS) is 16.4. The van der Waals surface area contributed by atoms with Crippen molar-refractivity contribution in [1.29, 1.82) is 0 Å². The van der Waals surface area contributed by atoms with E-state index in [1.807, 2.05) is 7.05 Å².